The number of pyridine rings is 1. The topological polar surface area (TPSA) is 50.3 Å². The first kappa shape index (κ1) is 15.4. The van der Waals surface area contributed by atoms with Crippen LogP contribution >= 0.6 is 22.7 Å². The van der Waals surface area contributed by atoms with Crippen molar-refractivity contribution in [2.45, 2.75) is 18.0 Å². The van der Waals surface area contributed by atoms with Crippen LogP contribution in [0.3, 0.4) is 0 Å². The highest BCUT2D eigenvalue weighted by atomic mass is 32.2. The van der Waals surface area contributed by atoms with Crippen molar-refractivity contribution < 1.29 is 8.42 Å². The maximum Gasteiger partial charge on any atom is 0.245 e. The average molecular weight is 350 g/mol. The van der Waals surface area contributed by atoms with Crippen LogP contribution in [0.25, 0.3) is 0 Å². The number of aromatic nitrogens is 1. The Labute approximate surface area is 137 Å². The van der Waals surface area contributed by atoms with Crippen molar-refractivity contribution in [3.8, 4) is 0 Å². The Kier molecular flexibility index (Phi) is 4.68. The normalized spacial score (nSPS) is 11.9. The number of rotatable bonds is 6. The van der Waals surface area contributed by atoms with Gasteiger partial charge in [0.1, 0.15) is 4.90 Å². The first-order chi connectivity index (χ1) is 10.7. The van der Waals surface area contributed by atoms with E-state index in [1.165, 1.54) is 10.5 Å². The maximum atomic E-state index is 12.9. The Morgan fingerprint density at radius 2 is 1.59 bits per heavy atom. The molecule has 3 aromatic heterocycles. The molecule has 22 heavy (non-hydrogen) atoms. The molecule has 0 N–H and O–H groups in total. The molecule has 4 nitrogen and oxygen atoms in total. The lowest BCUT2D eigenvalue weighted by molar-refractivity contribution is 0.406. The molecule has 0 unspecified atom stereocenters. The molecule has 0 spiro atoms. The number of sulfonamides is 1. The van der Waals surface area contributed by atoms with Gasteiger partial charge >= 0.3 is 0 Å². The highest BCUT2D eigenvalue weighted by Crippen LogP contribution is 2.23. The second-order valence-corrected chi connectivity index (χ2v) is 8.62. The van der Waals surface area contributed by atoms with Gasteiger partial charge < -0.3 is 0 Å². The molecule has 3 heterocycles. The summed E-state index contributed by atoms with van der Waals surface area (Å²) in [7, 11) is -3.57. The lowest BCUT2D eigenvalue weighted by Crippen LogP contribution is -2.29. The first-order valence-electron chi connectivity index (χ1n) is 6.61. The summed E-state index contributed by atoms with van der Waals surface area (Å²) < 4.78 is 27.3. The van der Waals surface area contributed by atoms with Crippen molar-refractivity contribution >= 4 is 32.7 Å². The number of hydrogen-bond donors (Lipinski definition) is 0. The second kappa shape index (κ2) is 6.70. The summed E-state index contributed by atoms with van der Waals surface area (Å²) in [5.41, 5.74) is 0. The van der Waals surface area contributed by atoms with Crippen molar-refractivity contribution in [2.24, 2.45) is 0 Å². The van der Waals surface area contributed by atoms with Gasteiger partial charge in [-0.3, -0.25) is 4.98 Å². The van der Waals surface area contributed by atoms with E-state index in [-0.39, 0.29) is 4.90 Å². The van der Waals surface area contributed by atoms with Crippen LogP contribution < -0.4 is 0 Å². The van der Waals surface area contributed by atoms with E-state index in [9.17, 15) is 8.42 Å². The minimum atomic E-state index is -3.57. The summed E-state index contributed by atoms with van der Waals surface area (Å²) in [5, 5.41) is 3.91. The van der Waals surface area contributed by atoms with E-state index in [1.54, 1.807) is 41.0 Å². The standard InChI is InChI=1S/C15H14N2O2S3/c18-22(19,15-6-1-7-16-10-15)17(11-13-4-2-8-20-13)12-14-5-3-9-21-14/h1-10H,11-12H2. The largest absolute Gasteiger partial charge is 0.263 e. The minimum absolute atomic E-state index is 0.225. The van der Waals surface area contributed by atoms with Crippen molar-refractivity contribution in [3.63, 3.8) is 0 Å². The fourth-order valence-corrected chi connectivity index (χ4v) is 4.99. The van der Waals surface area contributed by atoms with E-state index in [0.717, 1.165) is 9.75 Å². The molecule has 0 amide bonds. The Balaban J connectivity index is 1.93. The van der Waals surface area contributed by atoms with Gasteiger partial charge in [0.25, 0.3) is 0 Å². The van der Waals surface area contributed by atoms with Crippen LogP contribution in [0.1, 0.15) is 9.75 Å². The predicted molar refractivity (Wildman–Crippen MR) is 89.3 cm³/mol. The van der Waals surface area contributed by atoms with Crippen LogP contribution in [-0.4, -0.2) is 17.7 Å². The molecule has 0 saturated heterocycles. The zero-order valence-corrected chi connectivity index (χ0v) is 14.1. The Hall–Kier alpha value is -1.54. The molecule has 0 aliphatic rings. The fourth-order valence-electron chi connectivity index (χ4n) is 2.03. The maximum absolute atomic E-state index is 12.9. The van der Waals surface area contributed by atoms with Gasteiger partial charge in [0.15, 0.2) is 0 Å². The molecule has 0 atom stereocenters. The molecule has 114 valence electrons. The third-order valence-corrected chi connectivity index (χ3v) is 6.59. The molecular weight excluding hydrogens is 336 g/mol. The van der Waals surface area contributed by atoms with Gasteiger partial charge in [-0.2, -0.15) is 4.31 Å². The molecule has 7 heteroatoms. The van der Waals surface area contributed by atoms with E-state index < -0.39 is 10.0 Å². The van der Waals surface area contributed by atoms with Crippen molar-refractivity contribution in [3.05, 3.63) is 69.3 Å². The lowest BCUT2D eigenvalue weighted by atomic mass is 10.4. The second-order valence-electron chi connectivity index (χ2n) is 4.62. The van der Waals surface area contributed by atoms with Crippen molar-refractivity contribution in [1.82, 2.24) is 9.29 Å². The van der Waals surface area contributed by atoms with Crippen molar-refractivity contribution in [2.75, 3.05) is 0 Å². The number of nitrogens with zero attached hydrogens (tertiary/aromatic N) is 2. The third kappa shape index (κ3) is 3.44. The van der Waals surface area contributed by atoms with E-state index in [1.807, 2.05) is 35.0 Å². The molecular formula is C15H14N2O2S3. The van der Waals surface area contributed by atoms with Gasteiger partial charge in [-0.15, -0.1) is 22.7 Å². The van der Waals surface area contributed by atoms with E-state index in [2.05, 4.69) is 4.98 Å². The first-order valence-corrected chi connectivity index (χ1v) is 9.81. The summed E-state index contributed by atoms with van der Waals surface area (Å²) in [6.45, 7) is 0.736. The van der Waals surface area contributed by atoms with Gasteiger partial charge in [-0.25, -0.2) is 8.42 Å². The molecule has 0 aliphatic carbocycles. The van der Waals surface area contributed by atoms with Crippen LogP contribution in [-0.2, 0) is 23.1 Å². The molecule has 0 aliphatic heterocycles. The fraction of sp³-hybridized carbons (Fsp3) is 0.133. The highest BCUT2D eigenvalue weighted by molar-refractivity contribution is 7.89. The number of hydrogen-bond acceptors (Lipinski definition) is 5. The molecule has 0 aromatic carbocycles. The Morgan fingerprint density at radius 3 is 2.05 bits per heavy atom. The molecule has 0 radical (unpaired) electrons. The number of thiophene rings is 2. The van der Waals surface area contributed by atoms with Crippen LogP contribution in [0.5, 0.6) is 0 Å². The van der Waals surface area contributed by atoms with Crippen molar-refractivity contribution in [1.29, 1.82) is 0 Å². The van der Waals surface area contributed by atoms with Gasteiger partial charge in [-0.05, 0) is 35.0 Å². The summed E-state index contributed by atoms with van der Waals surface area (Å²) in [5.74, 6) is 0. The predicted octanol–water partition coefficient (Wildman–Crippen LogP) is 3.60. The summed E-state index contributed by atoms with van der Waals surface area (Å²) in [6, 6.07) is 11.0. The summed E-state index contributed by atoms with van der Waals surface area (Å²) in [6.07, 6.45) is 2.97. The Bertz CT molecular complexity index is 762. The molecule has 0 bridgehead atoms. The smallest absolute Gasteiger partial charge is 0.245 e. The van der Waals surface area contributed by atoms with E-state index in [0.29, 0.717) is 13.1 Å². The molecule has 0 fully saturated rings. The average Bonchev–Trinajstić information content (AvgIpc) is 3.21. The quantitative estimate of drug-likeness (QED) is 0.682. The van der Waals surface area contributed by atoms with Gasteiger partial charge in [-0.1, -0.05) is 12.1 Å². The van der Waals surface area contributed by atoms with E-state index in [4.69, 9.17) is 0 Å². The molecule has 3 rings (SSSR count). The minimum Gasteiger partial charge on any atom is -0.263 e. The Morgan fingerprint density at radius 1 is 0.955 bits per heavy atom. The highest BCUT2D eigenvalue weighted by Gasteiger charge is 2.25. The SMILES string of the molecule is O=S(=O)(c1cccnc1)N(Cc1cccs1)Cc1cccs1. The monoisotopic (exact) mass is 350 g/mol. The van der Waals surface area contributed by atoms with Gasteiger partial charge in [0.2, 0.25) is 10.0 Å². The van der Waals surface area contributed by atoms with Crippen LogP contribution in [0, 0.1) is 0 Å². The summed E-state index contributed by atoms with van der Waals surface area (Å²) in [4.78, 5) is 6.19. The van der Waals surface area contributed by atoms with Crippen LogP contribution in [0.15, 0.2) is 64.4 Å². The lowest BCUT2D eigenvalue weighted by Gasteiger charge is -2.21. The van der Waals surface area contributed by atoms with Crippen LogP contribution in [0.4, 0.5) is 0 Å². The summed E-state index contributed by atoms with van der Waals surface area (Å²) >= 11 is 3.11. The zero-order chi connectivity index (χ0) is 15.4. The zero-order valence-electron chi connectivity index (χ0n) is 11.6. The molecule has 3 aromatic rings. The molecule has 0 saturated carbocycles. The van der Waals surface area contributed by atoms with Crippen LogP contribution in [0.2, 0.25) is 0 Å². The third-order valence-electron chi connectivity index (χ3n) is 3.10. The van der Waals surface area contributed by atoms with Gasteiger partial charge in [0, 0.05) is 35.2 Å². The van der Waals surface area contributed by atoms with E-state index >= 15 is 0 Å². The van der Waals surface area contributed by atoms with Gasteiger partial charge in [0.05, 0.1) is 0 Å².